The lowest BCUT2D eigenvalue weighted by Crippen LogP contribution is -2.23. The van der Waals surface area contributed by atoms with Gasteiger partial charge in [-0.3, -0.25) is 0 Å². The molecule has 0 unspecified atom stereocenters. The lowest BCUT2D eigenvalue weighted by atomic mass is 9.98. The van der Waals surface area contributed by atoms with Gasteiger partial charge in [-0.15, -0.1) is 0 Å². The third kappa shape index (κ3) is 2.96. The predicted molar refractivity (Wildman–Crippen MR) is 79.6 cm³/mol. The predicted octanol–water partition coefficient (Wildman–Crippen LogP) is 3.88. The fraction of sp³-hybridized carbons (Fsp3) is 0.400. The van der Waals surface area contributed by atoms with Gasteiger partial charge in [0.25, 0.3) is 0 Å². The van der Waals surface area contributed by atoms with Gasteiger partial charge in [-0.2, -0.15) is 12.6 Å². The minimum Gasteiger partial charge on any atom is -0.491 e. The number of rotatable bonds is 4. The number of fused-ring (bicyclic) bond motifs is 1. The van der Waals surface area contributed by atoms with Crippen LogP contribution in [-0.4, -0.2) is 17.3 Å². The number of nitrogens with zero attached hydrogens (tertiary/aromatic N) is 1. The summed E-state index contributed by atoms with van der Waals surface area (Å²) in [5, 5.41) is 1.11. The van der Waals surface area contributed by atoms with Gasteiger partial charge in [0.2, 0.25) is 0 Å². The van der Waals surface area contributed by atoms with Crippen LogP contribution in [0, 0.1) is 12.3 Å². The summed E-state index contributed by atoms with van der Waals surface area (Å²) in [6, 6.07) is 10.1. The van der Waals surface area contributed by atoms with E-state index >= 15 is 0 Å². The molecule has 0 saturated heterocycles. The molecule has 0 amide bonds. The van der Waals surface area contributed by atoms with Crippen molar-refractivity contribution in [3.05, 3.63) is 36.0 Å². The van der Waals surface area contributed by atoms with Gasteiger partial charge in [0.1, 0.15) is 11.3 Å². The third-order valence-electron chi connectivity index (χ3n) is 2.87. The molecule has 0 atom stereocenters. The molecule has 18 heavy (non-hydrogen) atoms. The van der Waals surface area contributed by atoms with Crippen LogP contribution >= 0.6 is 12.6 Å². The molecule has 3 heteroatoms. The number of pyridine rings is 1. The van der Waals surface area contributed by atoms with Gasteiger partial charge in [-0.05, 0) is 24.8 Å². The maximum Gasteiger partial charge on any atom is 0.145 e. The summed E-state index contributed by atoms with van der Waals surface area (Å²) in [6.07, 6.45) is 0. The number of hydrogen-bond acceptors (Lipinski definition) is 3. The maximum absolute atomic E-state index is 5.92. The molecular weight excluding hydrogens is 242 g/mol. The molecule has 1 aromatic carbocycles. The van der Waals surface area contributed by atoms with Crippen LogP contribution in [0.5, 0.6) is 5.75 Å². The first-order valence-corrected chi connectivity index (χ1v) is 6.75. The Balaban J connectivity index is 2.30. The molecule has 2 aromatic rings. The second-order valence-corrected chi connectivity index (χ2v) is 5.71. The Kier molecular flexibility index (Phi) is 3.81. The quantitative estimate of drug-likeness (QED) is 0.844. The van der Waals surface area contributed by atoms with E-state index in [1.165, 1.54) is 0 Å². The topological polar surface area (TPSA) is 22.1 Å². The normalized spacial score (nSPS) is 11.8. The van der Waals surface area contributed by atoms with Crippen LogP contribution in [0.4, 0.5) is 0 Å². The SMILES string of the molecule is Cc1ccc2cccc(OCC(C)(C)CS)c2n1. The summed E-state index contributed by atoms with van der Waals surface area (Å²) in [5.41, 5.74) is 2.01. The van der Waals surface area contributed by atoms with Crippen LogP contribution in [0.1, 0.15) is 19.5 Å². The van der Waals surface area contributed by atoms with Crippen LogP contribution in [0.2, 0.25) is 0 Å². The lowest BCUT2D eigenvalue weighted by molar-refractivity contribution is 0.204. The highest BCUT2D eigenvalue weighted by Crippen LogP contribution is 2.26. The first-order chi connectivity index (χ1) is 8.52. The largest absolute Gasteiger partial charge is 0.491 e. The van der Waals surface area contributed by atoms with Gasteiger partial charge in [-0.1, -0.05) is 32.0 Å². The van der Waals surface area contributed by atoms with Crippen LogP contribution in [-0.2, 0) is 0 Å². The van der Waals surface area contributed by atoms with Gasteiger partial charge in [-0.25, -0.2) is 4.98 Å². The Hall–Kier alpha value is -1.22. The Bertz CT molecular complexity index is 551. The number of aromatic nitrogens is 1. The van der Waals surface area contributed by atoms with E-state index in [1.54, 1.807) is 0 Å². The highest BCUT2D eigenvalue weighted by molar-refractivity contribution is 7.80. The van der Waals surface area contributed by atoms with Crippen molar-refractivity contribution in [1.82, 2.24) is 4.98 Å². The molecule has 0 aliphatic heterocycles. The fourth-order valence-corrected chi connectivity index (χ4v) is 1.74. The second kappa shape index (κ2) is 5.19. The Morgan fingerprint density at radius 2 is 2.00 bits per heavy atom. The molecule has 2 rings (SSSR count). The van der Waals surface area contributed by atoms with E-state index in [9.17, 15) is 0 Å². The molecule has 1 aromatic heterocycles. The monoisotopic (exact) mass is 261 g/mol. The summed E-state index contributed by atoms with van der Waals surface area (Å²) < 4.78 is 5.92. The zero-order chi connectivity index (χ0) is 13.2. The highest BCUT2D eigenvalue weighted by Gasteiger charge is 2.17. The van der Waals surface area contributed by atoms with Gasteiger partial charge in [0.15, 0.2) is 0 Å². The molecule has 0 saturated carbocycles. The minimum atomic E-state index is 0.0646. The number of ether oxygens (including phenoxy) is 1. The zero-order valence-electron chi connectivity index (χ0n) is 11.1. The van der Waals surface area contributed by atoms with Crippen LogP contribution in [0.3, 0.4) is 0 Å². The molecule has 0 radical (unpaired) electrons. The van der Waals surface area contributed by atoms with Gasteiger partial charge < -0.3 is 4.74 Å². The van der Waals surface area contributed by atoms with Crippen LogP contribution in [0.15, 0.2) is 30.3 Å². The van der Waals surface area contributed by atoms with Gasteiger partial charge in [0, 0.05) is 16.5 Å². The van der Waals surface area contributed by atoms with Crippen molar-refractivity contribution in [1.29, 1.82) is 0 Å². The van der Waals surface area contributed by atoms with E-state index in [2.05, 4.69) is 43.6 Å². The first-order valence-electron chi connectivity index (χ1n) is 6.12. The van der Waals surface area contributed by atoms with Gasteiger partial charge >= 0.3 is 0 Å². The summed E-state index contributed by atoms with van der Waals surface area (Å²) >= 11 is 4.34. The third-order valence-corrected chi connectivity index (χ3v) is 3.72. The summed E-state index contributed by atoms with van der Waals surface area (Å²) in [4.78, 5) is 4.56. The maximum atomic E-state index is 5.92. The number of para-hydroxylation sites is 1. The summed E-state index contributed by atoms with van der Waals surface area (Å²) in [7, 11) is 0. The molecule has 0 bridgehead atoms. The Morgan fingerprint density at radius 3 is 2.72 bits per heavy atom. The minimum absolute atomic E-state index is 0.0646. The number of thiol groups is 1. The molecule has 2 nitrogen and oxygen atoms in total. The standard InChI is InChI=1S/C15H19NOS/c1-11-7-8-12-5-4-6-13(14(12)16-11)17-9-15(2,3)10-18/h4-8,18H,9-10H2,1-3H3. The number of hydrogen-bond donors (Lipinski definition) is 1. The average molecular weight is 261 g/mol. The molecule has 0 spiro atoms. The van der Waals surface area contributed by atoms with Gasteiger partial charge in [0.05, 0.1) is 6.61 Å². The average Bonchev–Trinajstić information content (AvgIpc) is 2.36. The number of benzene rings is 1. The van der Waals surface area contributed by atoms with Crippen molar-refractivity contribution in [2.75, 3.05) is 12.4 Å². The molecular formula is C15H19NOS. The second-order valence-electron chi connectivity index (χ2n) is 5.39. The summed E-state index contributed by atoms with van der Waals surface area (Å²) in [5.74, 6) is 1.65. The van der Waals surface area contributed by atoms with E-state index < -0.39 is 0 Å². The fourth-order valence-electron chi connectivity index (χ4n) is 1.65. The molecule has 1 heterocycles. The molecule has 96 valence electrons. The first kappa shape index (κ1) is 13.2. The lowest BCUT2D eigenvalue weighted by Gasteiger charge is -2.22. The Labute approximate surface area is 114 Å². The van der Waals surface area contributed by atoms with E-state index in [0.717, 1.165) is 28.1 Å². The van der Waals surface area contributed by atoms with E-state index in [0.29, 0.717) is 6.61 Å². The van der Waals surface area contributed by atoms with Crippen molar-refractivity contribution in [2.24, 2.45) is 5.41 Å². The van der Waals surface area contributed by atoms with E-state index in [4.69, 9.17) is 4.74 Å². The van der Waals surface area contributed by atoms with Crippen molar-refractivity contribution in [3.63, 3.8) is 0 Å². The van der Waals surface area contributed by atoms with Crippen molar-refractivity contribution in [3.8, 4) is 5.75 Å². The molecule has 0 aliphatic rings. The zero-order valence-corrected chi connectivity index (χ0v) is 12.0. The number of aryl methyl sites for hydroxylation is 1. The molecule has 0 N–H and O–H groups in total. The molecule has 0 fully saturated rings. The van der Waals surface area contributed by atoms with Crippen LogP contribution < -0.4 is 4.74 Å². The van der Waals surface area contributed by atoms with Crippen molar-refractivity contribution in [2.45, 2.75) is 20.8 Å². The Morgan fingerprint density at radius 1 is 1.22 bits per heavy atom. The smallest absolute Gasteiger partial charge is 0.145 e. The molecule has 0 aliphatic carbocycles. The van der Waals surface area contributed by atoms with E-state index in [1.807, 2.05) is 25.1 Å². The van der Waals surface area contributed by atoms with Crippen molar-refractivity contribution >= 4 is 23.5 Å². The van der Waals surface area contributed by atoms with Crippen molar-refractivity contribution < 1.29 is 4.74 Å². The summed E-state index contributed by atoms with van der Waals surface area (Å²) in [6.45, 7) is 6.92. The van der Waals surface area contributed by atoms with Crippen LogP contribution in [0.25, 0.3) is 10.9 Å². The van der Waals surface area contributed by atoms with E-state index in [-0.39, 0.29) is 5.41 Å². The highest BCUT2D eigenvalue weighted by atomic mass is 32.1.